The number of halogens is 2. The number of sulfonamides is 1. The van der Waals surface area contributed by atoms with Crippen molar-refractivity contribution in [3.8, 4) is 0 Å². The summed E-state index contributed by atoms with van der Waals surface area (Å²) in [5.74, 6) is -0.633. The molecule has 106 valence electrons. The van der Waals surface area contributed by atoms with E-state index in [9.17, 15) is 12.8 Å². The zero-order valence-corrected chi connectivity index (χ0v) is 12.8. The van der Waals surface area contributed by atoms with Crippen molar-refractivity contribution in [1.82, 2.24) is 9.29 Å². The monoisotopic (exact) mass is 350 g/mol. The van der Waals surface area contributed by atoms with Crippen molar-refractivity contribution < 1.29 is 12.8 Å². The molecule has 1 aromatic heterocycles. The van der Waals surface area contributed by atoms with E-state index in [1.165, 1.54) is 10.5 Å². The van der Waals surface area contributed by atoms with E-state index < -0.39 is 15.8 Å². The third-order valence-corrected chi connectivity index (χ3v) is 5.95. The summed E-state index contributed by atoms with van der Waals surface area (Å²) in [7, 11) is -3.67. The third-order valence-electron chi connectivity index (χ3n) is 3.29. The fraction of sp³-hybridized carbons (Fsp3) is 0.583. The summed E-state index contributed by atoms with van der Waals surface area (Å²) in [5, 5.41) is 0.592. The van der Waals surface area contributed by atoms with Crippen LogP contribution in [-0.4, -0.2) is 35.6 Å². The van der Waals surface area contributed by atoms with Crippen LogP contribution in [0.15, 0.2) is 23.4 Å². The molecular formula is C12H16BrFN2O2S. The summed E-state index contributed by atoms with van der Waals surface area (Å²) in [5.41, 5.74) is 0. The molecule has 0 saturated carbocycles. The lowest BCUT2D eigenvalue weighted by Gasteiger charge is -2.27. The molecule has 1 unspecified atom stereocenters. The third kappa shape index (κ3) is 3.32. The van der Waals surface area contributed by atoms with Crippen LogP contribution in [0.25, 0.3) is 0 Å². The number of hydrogen-bond acceptors (Lipinski definition) is 3. The van der Waals surface area contributed by atoms with E-state index in [-0.39, 0.29) is 10.9 Å². The summed E-state index contributed by atoms with van der Waals surface area (Å²) in [6.07, 6.45) is 5.91. The van der Waals surface area contributed by atoms with E-state index in [1.807, 2.05) is 0 Å². The average molecular weight is 351 g/mol. The fourth-order valence-corrected chi connectivity index (χ4v) is 4.82. The van der Waals surface area contributed by atoms with Gasteiger partial charge in [-0.3, -0.25) is 4.98 Å². The molecule has 0 bridgehead atoms. The summed E-state index contributed by atoms with van der Waals surface area (Å²) in [6.45, 7) is 0.481. The van der Waals surface area contributed by atoms with Gasteiger partial charge in [0, 0.05) is 24.1 Å². The van der Waals surface area contributed by atoms with Crippen molar-refractivity contribution in [2.24, 2.45) is 0 Å². The molecule has 0 spiro atoms. The second-order valence-corrected chi connectivity index (χ2v) is 7.15. The average Bonchev–Trinajstić information content (AvgIpc) is 2.64. The minimum absolute atomic E-state index is 0.0691. The van der Waals surface area contributed by atoms with Gasteiger partial charge in [0.25, 0.3) is 0 Å². The van der Waals surface area contributed by atoms with E-state index >= 15 is 0 Å². The number of nitrogens with zero attached hydrogens (tertiary/aromatic N) is 2. The normalized spacial score (nSPS) is 22.1. The minimum Gasteiger partial charge on any atom is -0.260 e. The maximum Gasteiger partial charge on any atom is 0.244 e. The molecule has 0 amide bonds. The van der Waals surface area contributed by atoms with Gasteiger partial charge in [0.05, 0.1) is 6.20 Å². The van der Waals surface area contributed by atoms with Crippen LogP contribution in [0, 0.1) is 5.82 Å². The van der Waals surface area contributed by atoms with E-state index in [0.717, 1.165) is 37.9 Å². The molecule has 1 aliphatic rings. The van der Waals surface area contributed by atoms with Crippen LogP contribution in [0.2, 0.25) is 0 Å². The van der Waals surface area contributed by atoms with Crippen LogP contribution in [0.1, 0.15) is 25.7 Å². The zero-order chi connectivity index (χ0) is 13.9. The molecule has 1 fully saturated rings. The van der Waals surface area contributed by atoms with Crippen molar-refractivity contribution in [2.75, 3.05) is 11.9 Å². The molecule has 0 aromatic carbocycles. The molecular weight excluding hydrogens is 335 g/mol. The highest BCUT2D eigenvalue weighted by atomic mass is 79.9. The molecule has 0 radical (unpaired) electrons. The lowest BCUT2D eigenvalue weighted by atomic mass is 10.1. The van der Waals surface area contributed by atoms with Crippen LogP contribution < -0.4 is 0 Å². The van der Waals surface area contributed by atoms with Crippen molar-refractivity contribution in [2.45, 2.75) is 36.6 Å². The fourth-order valence-electron chi connectivity index (χ4n) is 2.29. The van der Waals surface area contributed by atoms with Gasteiger partial charge in [0.2, 0.25) is 10.0 Å². The summed E-state index contributed by atoms with van der Waals surface area (Å²) in [4.78, 5) is 3.56. The van der Waals surface area contributed by atoms with Gasteiger partial charge in [-0.2, -0.15) is 4.31 Å². The Hall–Kier alpha value is -0.530. The second-order valence-electron chi connectivity index (χ2n) is 4.61. The molecule has 2 heterocycles. The molecule has 7 heteroatoms. The van der Waals surface area contributed by atoms with E-state index in [2.05, 4.69) is 20.9 Å². The van der Waals surface area contributed by atoms with Crippen molar-refractivity contribution in [1.29, 1.82) is 0 Å². The van der Waals surface area contributed by atoms with Crippen LogP contribution >= 0.6 is 15.9 Å². The van der Waals surface area contributed by atoms with Gasteiger partial charge in [-0.25, -0.2) is 12.8 Å². The predicted octanol–water partition coefficient (Wildman–Crippen LogP) is 2.55. The van der Waals surface area contributed by atoms with Gasteiger partial charge < -0.3 is 0 Å². The van der Waals surface area contributed by atoms with Crippen LogP contribution in [0.4, 0.5) is 4.39 Å². The Morgan fingerprint density at radius 3 is 2.84 bits per heavy atom. The summed E-state index contributed by atoms with van der Waals surface area (Å²) >= 11 is 3.37. The number of rotatable bonds is 3. The van der Waals surface area contributed by atoms with Crippen molar-refractivity contribution in [3.05, 3.63) is 24.3 Å². The van der Waals surface area contributed by atoms with Crippen molar-refractivity contribution >= 4 is 26.0 Å². The molecule has 1 aromatic rings. The Morgan fingerprint density at radius 1 is 1.37 bits per heavy atom. The van der Waals surface area contributed by atoms with E-state index in [1.54, 1.807) is 0 Å². The van der Waals surface area contributed by atoms with Crippen LogP contribution in [0.5, 0.6) is 0 Å². The molecule has 2 rings (SSSR count). The topological polar surface area (TPSA) is 50.3 Å². The Bertz CT molecular complexity index is 538. The van der Waals surface area contributed by atoms with Gasteiger partial charge in [0.1, 0.15) is 10.7 Å². The van der Waals surface area contributed by atoms with Gasteiger partial charge >= 0.3 is 0 Å². The number of pyridine rings is 1. The Kier molecular flexibility index (Phi) is 4.92. The van der Waals surface area contributed by atoms with Crippen LogP contribution in [0.3, 0.4) is 0 Å². The molecule has 1 atom stereocenters. The van der Waals surface area contributed by atoms with Gasteiger partial charge in [-0.1, -0.05) is 28.8 Å². The number of alkyl halides is 1. The highest BCUT2D eigenvalue weighted by Gasteiger charge is 2.32. The number of hydrogen-bond donors (Lipinski definition) is 0. The summed E-state index contributed by atoms with van der Waals surface area (Å²) in [6, 6.07) is 0.953. The molecule has 4 nitrogen and oxygen atoms in total. The Labute approximate surface area is 121 Å². The Morgan fingerprint density at radius 2 is 2.16 bits per heavy atom. The first-order valence-electron chi connectivity index (χ1n) is 6.24. The molecule has 19 heavy (non-hydrogen) atoms. The van der Waals surface area contributed by atoms with E-state index in [4.69, 9.17) is 0 Å². The van der Waals surface area contributed by atoms with Gasteiger partial charge in [0.15, 0.2) is 0 Å². The minimum atomic E-state index is -3.67. The maximum absolute atomic E-state index is 13.2. The smallest absolute Gasteiger partial charge is 0.244 e. The lowest BCUT2D eigenvalue weighted by molar-refractivity contribution is 0.347. The van der Waals surface area contributed by atoms with Gasteiger partial charge in [-0.15, -0.1) is 0 Å². The first-order chi connectivity index (χ1) is 9.05. The SMILES string of the molecule is O=S(=O)(c1cncc(F)c1)N1CCCCCC1CBr. The largest absolute Gasteiger partial charge is 0.260 e. The van der Waals surface area contributed by atoms with Crippen molar-refractivity contribution in [3.63, 3.8) is 0 Å². The quantitative estimate of drug-likeness (QED) is 0.787. The first-order valence-corrected chi connectivity index (χ1v) is 8.80. The molecule has 1 aliphatic heterocycles. The maximum atomic E-state index is 13.2. The van der Waals surface area contributed by atoms with Crippen LogP contribution in [-0.2, 0) is 10.0 Å². The Balaban J connectivity index is 2.36. The summed E-state index contributed by atoms with van der Waals surface area (Å²) < 4.78 is 39.8. The highest BCUT2D eigenvalue weighted by molar-refractivity contribution is 9.09. The highest BCUT2D eigenvalue weighted by Crippen LogP contribution is 2.25. The predicted molar refractivity (Wildman–Crippen MR) is 74.1 cm³/mol. The molecule has 0 N–H and O–H groups in total. The molecule has 0 aliphatic carbocycles. The molecule has 1 saturated heterocycles. The zero-order valence-electron chi connectivity index (χ0n) is 10.4. The second kappa shape index (κ2) is 6.28. The van der Waals surface area contributed by atoms with E-state index in [0.29, 0.717) is 11.9 Å². The first kappa shape index (κ1) is 14.9. The lowest BCUT2D eigenvalue weighted by Crippen LogP contribution is -2.41. The van der Waals surface area contributed by atoms with Gasteiger partial charge in [-0.05, 0) is 18.9 Å². The number of aromatic nitrogens is 1. The standard InChI is InChI=1S/C12H16BrFN2O2S/c13-7-11-4-2-1-3-5-16(11)19(17,18)12-6-10(14)8-15-9-12/h6,8-9,11H,1-5,7H2.